The second-order valence-corrected chi connectivity index (χ2v) is 5.09. The summed E-state index contributed by atoms with van der Waals surface area (Å²) in [7, 11) is 0. The number of hydrogen-bond donors (Lipinski definition) is 1. The van der Waals surface area contributed by atoms with Crippen LogP contribution in [0.15, 0.2) is 24.3 Å². The lowest BCUT2D eigenvalue weighted by molar-refractivity contribution is -0.145. The number of amides is 1. The van der Waals surface area contributed by atoms with Crippen LogP contribution in [0, 0.1) is 0 Å². The van der Waals surface area contributed by atoms with Crippen LogP contribution in [-0.2, 0) is 16.0 Å². The monoisotopic (exact) mass is 293 g/mol. The average Bonchev–Trinajstić information content (AvgIpc) is 2.43. The van der Waals surface area contributed by atoms with Gasteiger partial charge in [-0.3, -0.25) is 9.59 Å². The molecule has 0 fully saturated rings. The van der Waals surface area contributed by atoms with Gasteiger partial charge in [0.1, 0.15) is 12.3 Å². The van der Waals surface area contributed by atoms with Crippen LogP contribution in [0.3, 0.4) is 0 Å². The van der Waals surface area contributed by atoms with Crippen LogP contribution in [0.2, 0.25) is 0 Å². The molecule has 0 aliphatic carbocycles. The number of hydrogen-bond acceptors (Lipinski definition) is 3. The van der Waals surface area contributed by atoms with Crippen molar-refractivity contribution in [3.05, 3.63) is 29.8 Å². The Morgan fingerprint density at radius 1 is 1.24 bits per heavy atom. The van der Waals surface area contributed by atoms with Gasteiger partial charge in [-0.1, -0.05) is 12.1 Å². The van der Waals surface area contributed by atoms with Gasteiger partial charge in [-0.15, -0.1) is 0 Å². The Hall–Kier alpha value is -2.04. The maximum atomic E-state index is 12.1. The predicted octanol–water partition coefficient (Wildman–Crippen LogP) is 2.34. The molecule has 1 amide bonds. The first-order valence-electron chi connectivity index (χ1n) is 7.17. The molecule has 0 saturated heterocycles. The first kappa shape index (κ1) is 17.0. The molecule has 0 aliphatic heterocycles. The van der Waals surface area contributed by atoms with Crippen molar-refractivity contribution in [3.63, 3.8) is 0 Å². The van der Waals surface area contributed by atoms with Gasteiger partial charge >= 0.3 is 5.97 Å². The van der Waals surface area contributed by atoms with Gasteiger partial charge in [0.25, 0.3) is 0 Å². The molecule has 5 nitrogen and oxygen atoms in total. The summed E-state index contributed by atoms with van der Waals surface area (Å²) in [5, 5.41) is 8.84. The van der Waals surface area contributed by atoms with Crippen molar-refractivity contribution in [1.82, 2.24) is 4.90 Å². The highest BCUT2D eigenvalue weighted by molar-refractivity contribution is 5.81. The Kier molecular flexibility index (Phi) is 6.72. The molecule has 1 aromatic carbocycles. The van der Waals surface area contributed by atoms with E-state index in [1.54, 1.807) is 0 Å². The van der Waals surface area contributed by atoms with E-state index < -0.39 is 5.97 Å². The quantitative estimate of drug-likeness (QED) is 0.799. The van der Waals surface area contributed by atoms with Crippen LogP contribution in [0.25, 0.3) is 0 Å². The summed E-state index contributed by atoms with van der Waals surface area (Å²) in [6.45, 7) is 5.93. The molecule has 0 aromatic heterocycles. The van der Waals surface area contributed by atoms with Crippen LogP contribution in [0.1, 0.15) is 32.8 Å². The number of rotatable bonds is 8. The Morgan fingerprint density at radius 3 is 2.33 bits per heavy atom. The lowest BCUT2D eigenvalue weighted by Crippen LogP contribution is -2.40. The van der Waals surface area contributed by atoms with Gasteiger partial charge in [0, 0.05) is 12.5 Å². The fourth-order valence-corrected chi connectivity index (χ4v) is 2.02. The van der Waals surface area contributed by atoms with E-state index in [4.69, 9.17) is 9.84 Å². The molecule has 1 aromatic rings. The molecule has 0 unspecified atom stereocenters. The average molecular weight is 293 g/mol. The second-order valence-electron chi connectivity index (χ2n) is 5.09. The van der Waals surface area contributed by atoms with Crippen molar-refractivity contribution in [2.75, 3.05) is 13.2 Å². The van der Waals surface area contributed by atoms with Crippen molar-refractivity contribution in [2.24, 2.45) is 0 Å². The number of ether oxygens (including phenoxy) is 1. The van der Waals surface area contributed by atoms with Crippen molar-refractivity contribution in [3.8, 4) is 5.75 Å². The van der Waals surface area contributed by atoms with Crippen LogP contribution in [0.4, 0.5) is 0 Å². The maximum Gasteiger partial charge on any atom is 0.323 e. The normalized spacial score (nSPS) is 10.5. The molecule has 0 radical (unpaired) electrons. The number of carbonyl (C=O) groups is 2. The molecular formula is C16H23NO4. The standard InChI is InChI=1S/C16H23NO4/c1-4-21-14-8-5-13(6-9-14)7-10-15(18)17(12(2)3)11-16(19)20/h5-6,8-9,12H,4,7,10-11H2,1-3H3,(H,19,20). The van der Waals surface area contributed by atoms with E-state index in [1.807, 2.05) is 45.0 Å². The maximum absolute atomic E-state index is 12.1. The minimum Gasteiger partial charge on any atom is -0.494 e. The summed E-state index contributed by atoms with van der Waals surface area (Å²) < 4.78 is 5.36. The smallest absolute Gasteiger partial charge is 0.323 e. The van der Waals surface area contributed by atoms with Gasteiger partial charge in [-0.2, -0.15) is 0 Å². The highest BCUT2D eigenvalue weighted by Gasteiger charge is 2.19. The fourth-order valence-electron chi connectivity index (χ4n) is 2.02. The van der Waals surface area contributed by atoms with E-state index in [0.717, 1.165) is 11.3 Å². The van der Waals surface area contributed by atoms with Crippen molar-refractivity contribution in [1.29, 1.82) is 0 Å². The number of benzene rings is 1. The summed E-state index contributed by atoms with van der Waals surface area (Å²) in [6, 6.07) is 7.49. The zero-order chi connectivity index (χ0) is 15.8. The zero-order valence-electron chi connectivity index (χ0n) is 12.8. The highest BCUT2D eigenvalue weighted by Crippen LogP contribution is 2.14. The Morgan fingerprint density at radius 2 is 1.86 bits per heavy atom. The largest absolute Gasteiger partial charge is 0.494 e. The van der Waals surface area contributed by atoms with Gasteiger partial charge in [0.05, 0.1) is 6.61 Å². The van der Waals surface area contributed by atoms with Crippen LogP contribution < -0.4 is 4.74 Å². The van der Waals surface area contributed by atoms with Crippen molar-refractivity contribution < 1.29 is 19.4 Å². The van der Waals surface area contributed by atoms with Gasteiger partial charge in [0.15, 0.2) is 0 Å². The van der Waals surface area contributed by atoms with Crippen molar-refractivity contribution in [2.45, 2.75) is 39.7 Å². The predicted molar refractivity (Wildman–Crippen MR) is 80.4 cm³/mol. The minimum absolute atomic E-state index is 0.117. The topological polar surface area (TPSA) is 66.8 Å². The number of carboxylic acids is 1. The molecule has 21 heavy (non-hydrogen) atoms. The van der Waals surface area contributed by atoms with Gasteiger partial charge in [0.2, 0.25) is 5.91 Å². The first-order valence-corrected chi connectivity index (χ1v) is 7.17. The van der Waals surface area contributed by atoms with Crippen LogP contribution in [0.5, 0.6) is 5.75 Å². The first-order chi connectivity index (χ1) is 9.93. The third kappa shape index (κ3) is 5.85. The Bertz CT molecular complexity index is 468. The van der Waals surface area contributed by atoms with Crippen LogP contribution >= 0.6 is 0 Å². The molecule has 0 heterocycles. The SMILES string of the molecule is CCOc1ccc(CCC(=O)N(CC(=O)O)C(C)C)cc1. The fraction of sp³-hybridized carbons (Fsp3) is 0.500. The molecular weight excluding hydrogens is 270 g/mol. The molecule has 0 aliphatic rings. The third-order valence-electron chi connectivity index (χ3n) is 3.11. The highest BCUT2D eigenvalue weighted by atomic mass is 16.5. The number of aryl methyl sites for hydroxylation is 1. The zero-order valence-corrected chi connectivity index (χ0v) is 12.8. The van der Waals surface area contributed by atoms with E-state index in [1.165, 1.54) is 4.90 Å². The Labute approximate surface area is 125 Å². The second kappa shape index (κ2) is 8.29. The molecule has 0 atom stereocenters. The summed E-state index contributed by atoms with van der Waals surface area (Å²) in [5.41, 5.74) is 1.03. The molecule has 0 saturated carbocycles. The molecule has 0 spiro atoms. The number of nitrogens with zero attached hydrogens (tertiary/aromatic N) is 1. The van der Waals surface area contributed by atoms with E-state index in [2.05, 4.69) is 0 Å². The van der Waals surface area contributed by atoms with Gasteiger partial charge in [-0.25, -0.2) is 0 Å². The molecule has 0 bridgehead atoms. The summed E-state index contributed by atoms with van der Waals surface area (Å²) in [6.07, 6.45) is 0.896. The lowest BCUT2D eigenvalue weighted by atomic mass is 10.1. The summed E-state index contributed by atoms with van der Waals surface area (Å²) >= 11 is 0. The summed E-state index contributed by atoms with van der Waals surface area (Å²) in [5.74, 6) is -0.318. The molecule has 1 N–H and O–H groups in total. The van der Waals surface area contributed by atoms with Crippen molar-refractivity contribution >= 4 is 11.9 Å². The molecule has 116 valence electrons. The van der Waals surface area contributed by atoms with Gasteiger partial charge < -0.3 is 14.7 Å². The summed E-state index contributed by atoms with van der Waals surface area (Å²) in [4.78, 5) is 24.3. The van der Waals surface area contributed by atoms with E-state index in [-0.39, 0.29) is 18.5 Å². The van der Waals surface area contributed by atoms with E-state index >= 15 is 0 Å². The Balaban J connectivity index is 2.56. The van der Waals surface area contributed by atoms with E-state index in [9.17, 15) is 9.59 Å². The minimum atomic E-state index is -0.988. The number of carboxylic acid groups (broad SMARTS) is 1. The lowest BCUT2D eigenvalue weighted by Gasteiger charge is -2.24. The molecule has 1 rings (SSSR count). The van der Waals surface area contributed by atoms with Gasteiger partial charge in [-0.05, 0) is 44.9 Å². The third-order valence-corrected chi connectivity index (χ3v) is 3.11. The van der Waals surface area contributed by atoms with Crippen LogP contribution in [-0.4, -0.2) is 41.1 Å². The number of carbonyl (C=O) groups excluding carboxylic acids is 1. The number of aliphatic carboxylic acids is 1. The van der Waals surface area contributed by atoms with E-state index in [0.29, 0.717) is 19.4 Å². The molecule has 5 heteroatoms.